The molecule has 0 bridgehead atoms. The summed E-state index contributed by atoms with van der Waals surface area (Å²) in [6, 6.07) is 20.8. The lowest BCUT2D eigenvalue weighted by Gasteiger charge is -2.12. The second kappa shape index (κ2) is 7.06. The number of phenols is 1. The van der Waals surface area contributed by atoms with Crippen LogP contribution in [0.25, 0.3) is 0 Å². The lowest BCUT2D eigenvalue weighted by atomic mass is 10.1. The second-order valence-electron chi connectivity index (χ2n) is 5.18. The Morgan fingerprint density at radius 2 is 1.62 bits per heavy atom. The highest BCUT2D eigenvalue weighted by atomic mass is 35.5. The summed E-state index contributed by atoms with van der Waals surface area (Å²) in [6.45, 7) is 0. The summed E-state index contributed by atoms with van der Waals surface area (Å²) >= 11 is 5.99. The van der Waals surface area contributed by atoms with Gasteiger partial charge in [0.15, 0.2) is 0 Å². The first kappa shape index (κ1) is 15.9. The van der Waals surface area contributed by atoms with Gasteiger partial charge in [0.05, 0.1) is 11.3 Å². The molecule has 120 valence electrons. The predicted molar refractivity (Wildman–Crippen MR) is 97.2 cm³/mol. The van der Waals surface area contributed by atoms with Gasteiger partial charge >= 0.3 is 0 Å². The lowest BCUT2D eigenvalue weighted by Crippen LogP contribution is -2.13. The number of carbonyl (C=O) groups excluding carboxylic acids is 1. The quantitative estimate of drug-likeness (QED) is 0.584. The normalized spacial score (nSPS) is 10.2. The molecule has 0 unspecified atom stereocenters. The Morgan fingerprint density at radius 3 is 2.38 bits per heavy atom. The van der Waals surface area contributed by atoms with Gasteiger partial charge in [0.25, 0.3) is 5.91 Å². The van der Waals surface area contributed by atoms with Crippen LogP contribution in [-0.4, -0.2) is 11.0 Å². The van der Waals surface area contributed by atoms with Gasteiger partial charge in [-0.3, -0.25) is 4.79 Å². The topological polar surface area (TPSA) is 61.4 Å². The molecule has 24 heavy (non-hydrogen) atoms. The fraction of sp³-hybridized carbons (Fsp3) is 0. The van der Waals surface area contributed by atoms with Crippen molar-refractivity contribution < 1.29 is 9.90 Å². The summed E-state index contributed by atoms with van der Waals surface area (Å²) in [6.07, 6.45) is 0. The third-order valence-corrected chi connectivity index (χ3v) is 3.64. The molecule has 1 amide bonds. The van der Waals surface area contributed by atoms with E-state index in [0.717, 1.165) is 5.69 Å². The monoisotopic (exact) mass is 338 g/mol. The number of anilines is 3. The Morgan fingerprint density at radius 1 is 0.875 bits per heavy atom. The molecular weight excluding hydrogens is 324 g/mol. The van der Waals surface area contributed by atoms with E-state index in [1.54, 1.807) is 36.4 Å². The Balaban J connectivity index is 1.83. The first-order chi connectivity index (χ1) is 11.6. The fourth-order valence-electron chi connectivity index (χ4n) is 2.26. The number of hydrogen-bond acceptors (Lipinski definition) is 3. The Hall–Kier alpha value is -2.98. The smallest absolute Gasteiger partial charge is 0.257 e. The van der Waals surface area contributed by atoms with Crippen molar-refractivity contribution in [1.29, 1.82) is 0 Å². The highest BCUT2D eigenvalue weighted by Gasteiger charge is 2.11. The summed E-state index contributed by atoms with van der Waals surface area (Å²) in [4.78, 5) is 12.5. The molecule has 0 radical (unpaired) electrons. The lowest BCUT2D eigenvalue weighted by molar-refractivity contribution is 0.102. The van der Waals surface area contributed by atoms with Gasteiger partial charge in [-0.25, -0.2) is 0 Å². The minimum Gasteiger partial charge on any atom is -0.508 e. The van der Waals surface area contributed by atoms with E-state index in [1.165, 1.54) is 12.1 Å². The van der Waals surface area contributed by atoms with Gasteiger partial charge in [0.1, 0.15) is 5.75 Å². The number of benzene rings is 3. The molecule has 3 rings (SSSR count). The molecule has 0 fully saturated rings. The number of amides is 1. The summed E-state index contributed by atoms with van der Waals surface area (Å²) in [5.41, 5.74) is 2.59. The van der Waals surface area contributed by atoms with Crippen LogP contribution in [0.2, 0.25) is 5.02 Å². The van der Waals surface area contributed by atoms with Crippen LogP contribution < -0.4 is 10.6 Å². The average Bonchev–Trinajstić information content (AvgIpc) is 2.57. The van der Waals surface area contributed by atoms with E-state index in [-0.39, 0.29) is 11.7 Å². The Labute approximate surface area is 144 Å². The zero-order chi connectivity index (χ0) is 16.9. The van der Waals surface area contributed by atoms with Gasteiger partial charge in [0.2, 0.25) is 0 Å². The van der Waals surface area contributed by atoms with E-state index in [4.69, 9.17) is 11.6 Å². The standard InChI is InChI=1S/C19H15ClN2O2/c20-13-4-3-5-15(12-13)21-18-7-2-1-6-17(18)19(24)22-14-8-10-16(23)11-9-14/h1-12,21,23H,(H,22,24). The Kier molecular flexibility index (Phi) is 4.68. The molecule has 3 N–H and O–H groups in total. The fourth-order valence-corrected chi connectivity index (χ4v) is 2.45. The van der Waals surface area contributed by atoms with Crippen LogP contribution in [0, 0.1) is 0 Å². The molecule has 0 aliphatic heterocycles. The SMILES string of the molecule is O=C(Nc1ccc(O)cc1)c1ccccc1Nc1cccc(Cl)c1. The minimum absolute atomic E-state index is 0.149. The molecule has 5 heteroatoms. The van der Waals surface area contributed by atoms with Crippen molar-refractivity contribution in [2.75, 3.05) is 10.6 Å². The van der Waals surface area contributed by atoms with Crippen LogP contribution in [0.1, 0.15) is 10.4 Å². The van der Waals surface area contributed by atoms with Crippen molar-refractivity contribution in [3.63, 3.8) is 0 Å². The van der Waals surface area contributed by atoms with Crippen LogP contribution in [0.5, 0.6) is 5.75 Å². The van der Waals surface area contributed by atoms with Crippen LogP contribution in [0.15, 0.2) is 72.8 Å². The van der Waals surface area contributed by atoms with E-state index >= 15 is 0 Å². The van der Waals surface area contributed by atoms with Gasteiger partial charge in [-0.05, 0) is 54.6 Å². The molecule has 4 nitrogen and oxygen atoms in total. The minimum atomic E-state index is -0.245. The molecule has 0 heterocycles. The van der Waals surface area contributed by atoms with Crippen molar-refractivity contribution in [2.45, 2.75) is 0 Å². The number of para-hydroxylation sites is 1. The van der Waals surface area contributed by atoms with Crippen molar-refractivity contribution in [1.82, 2.24) is 0 Å². The Bertz CT molecular complexity index is 863. The number of halogens is 1. The maximum absolute atomic E-state index is 12.5. The van der Waals surface area contributed by atoms with E-state index < -0.39 is 0 Å². The zero-order valence-electron chi connectivity index (χ0n) is 12.7. The number of carbonyl (C=O) groups is 1. The molecule has 0 aromatic heterocycles. The highest BCUT2D eigenvalue weighted by Crippen LogP contribution is 2.24. The number of rotatable bonds is 4. The maximum atomic E-state index is 12.5. The molecule has 0 spiro atoms. The molecule has 0 saturated carbocycles. The van der Waals surface area contributed by atoms with Gasteiger partial charge < -0.3 is 15.7 Å². The van der Waals surface area contributed by atoms with E-state index in [2.05, 4.69) is 10.6 Å². The van der Waals surface area contributed by atoms with Gasteiger partial charge in [-0.2, -0.15) is 0 Å². The molecule has 3 aromatic rings. The van der Waals surface area contributed by atoms with Crippen LogP contribution in [-0.2, 0) is 0 Å². The highest BCUT2D eigenvalue weighted by molar-refractivity contribution is 6.30. The van der Waals surface area contributed by atoms with Crippen LogP contribution in [0.3, 0.4) is 0 Å². The average molecular weight is 339 g/mol. The van der Waals surface area contributed by atoms with Crippen molar-refractivity contribution in [3.8, 4) is 5.75 Å². The van der Waals surface area contributed by atoms with Crippen molar-refractivity contribution >= 4 is 34.6 Å². The summed E-state index contributed by atoms with van der Waals surface area (Å²) in [5, 5.41) is 15.9. The van der Waals surface area contributed by atoms with Gasteiger partial charge in [-0.15, -0.1) is 0 Å². The molecule has 3 aromatic carbocycles. The van der Waals surface area contributed by atoms with Crippen LogP contribution in [0.4, 0.5) is 17.1 Å². The zero-order valence-corrected chi connectivity index (χ0v) is 13.4. The van der Waals surface area contributed by atoms with Crippen molar-refractivity contribution in [2.24, 2.45) is 0 Å². The van der Waals surface area contributed by atoms with Crippen molar-refractivity contribution in [3.05, 3.63) is 83.4 Å². The second-order valence-corrected chi connectivity index (χ2v) is 5.62. The van der Waals surface area contributed by atoms with Crippen LogP contribution >= 0.6 is 11.6 Å². The van der Waals surface area contributed by atoms with E-state index in [1.807, 2.05) is 24.3 Å². The maximum Gasteiger partial charge on any atom is 0.257 e. The number of aromatic hydroxyl groups is 1. The van der Waals surface area contributed by atoms with Gasteiger partial charge in [0, 0.05) is 16.4 Å². The molecular formula is C19H15ClN2O2. The first-order valence-electron chi connectivity index (χ1n) is 7.34. The number of nitrogens with one attached hydrogen (secondary N) is 2. The molecule has 0 aliphatic carbocycles. The number of phenolic OH excluding ortho intramolecular Hbond substituents is 1. The van der Waals surface area contributed by atoms with E-state index in [9.17, 15) is 9.90 Å². The summed E-state index contributed by atoms with van der Waals surface area (Å²) < 4.78 is 0. The predicted octanol–water partition coefficient (Wildman–Crippen LogP) is 5.04. The molecule has 0 saturated heterocycles. The number of hydrogen-bond donors (Lipinski definition) is 3. The third-order valence-electron chi connectivity index (χ3n) is 3.40. The third kappa shape index (κ3) is 3.86. The summed E-state index contributed by atoms with van der Waals surface area (Å²) in [5.74, 6) is -0.0955. The van der Waals surface area contributed by atoms with E-state index in [0.29, 0.717) is 22.0 Å². The molecule has 0 aliphatic rings. The summed E-state index contributed by atoms with van der Waals surface area (Å²) in [7, 11) is 0. The van der Waals surface area contributed by atoms with Gasteiger partial charge in [-0.1, -0.05) is 29.8 Å². The molecule has 0 atom stereocenters. The first-order valence-corrected chi connectivity index (χ1v) is 7.71. The largest absolute Gasteiger partial charge is 0.508 e.